The maximum Gasteiger partial charge on any atom is 0.341 e. The number of nitrogens with one attached hydrogen (secondary N) is 2. The fourth-order valence-electron chi connectivity index (χ4n) is 4.71. The highest BCUT2D eigenvalue weighted by atomic mass is 32.1. The monoisotopic (exact) mass is 504 g/mol. The Balaban J connectivity index is 1.30. The van der Waals surface area contributed by atoms with E-state index in [1.807, 2.05) is 10.9 Å². The lowest BCUT2D eigenvalue weighted by atomic mass is 9.96. The molecular formula is C27H28N4O2S2. The third-order valence-corrected chi connectivity index (χ3v) is 7.80. The van der Waals surface area contributed by atoms with Crippen molar-refractivity contribution in [2.75, 3.05) is 17.7 Å². The van der Waals surface area contributed by atoms with Crippen LogP contribution in [-0.4, -0.2) is 28.0 Å². The molecule has 0 atom stereocenters. The van der Waals surface area contributed by atoms with Crippen molar-refractivity contribution in [3.05, 3.63) is 76.4 Å². The van der Waals surface area contributed by atoms with Gasteiger partial charge in [-0.3, -0.25) is 4.68 Å². The molecular weight excluding hydrogens is 476 g/mol. The van der Waals surface area contributed by atoms with Gasteiger partial charge >= 0.3 is 5.97 Å². The summed E-state index contributed by atoms with van der Waals surface area (Å²) in [5.41, 5.74) is 3.74. The molecule has 2 aromatic heterocycles. The second kappa shape index (κ2) is 10.6. The maximum absolute atomic E-state index is 12.6. The lowest BCUT2D eigenvalue weighted by Crippen LogP contribution is -2.20. The third-order valence-electron chi connectivity index (χ3n) is 6.39. The predicted molar refractivity (Wildman–Crippen MR) is 147 cm³/mol. The first kappa shape index (κ1) is 23.5. The number of anilines is 2. The molecule has 0 bridgehead atoms. The van der Waals surface area contributed by atoms with Gasteiger partial charge in [0.1, 0.15) is 5.00 Å². The summed E-state index contributed by atoms with van der Waals surface area (Å²) in [7, 11) is 1.43. The molecule has 0 amide bonds. The van der Waals surface area contributed by atoms with E-state index in [4.69, 9.17) is 17.0 Å². The summed E-state index contributed by atoms with van der Waals surface area (Å²) < 4.78 is 7.01. The van der Waals surface area contributed by atoms with Crippen LogP contribution in [0.1, 0.15) is 52.0 Å². The number of esters is 1. The average Bonchev–Trinajstić information content (AvgIpc) is 3.42. The number of hydrogen-bond donors (Lipinski definition) is 2. The van der Waals surface area contributed by atoms with E-state index in [0.29, 0.717) is 17.2 Å². The number of aryl methyl sites for hydroxylation is 1. The second-order valence-electron chi connectivity index (χ2n) is 8.76. The minimum absolute atomic E-state index is 0.309. The highest BCUT2D eigenvalue weighted by Gasteiger charge is 2.25. The Bertz CT molecular complexity index is 1370. The standard InChI is InChI=1S/C27H28N4O2S2/c1-33-26(32)24-22-13-4-2-3-5-14-23(22)35-25(24)30-27(34)29-20-15-28-31(17-20)16-19-11-8-10-18-9-6-7-12-21(18)19/h6-12,15,17H,2-5,13-14,16H2,1H3,(H2,29,30,34). The van der Waals surface area contributed by atoms with Gasteiger partial charge in [-0.25, -0.2) is 4.79 Å². The van der Waals surface area contributed by atoms with Gasteiger partial charge in [0, 0.05) is 11.1 Å². The molecule has 0 unspecified atom stereocenters. The van der Waals surface area contributed by atoms with Gasteiger partial charge in [0.25, 0.3) is 0 Å². The van der Waals surface area contributed by atoms with Gasteiger partial charge in [0.05, 0.1) is 31.1 Å². The fourth-order valence-corrected chi connectivity index (χ4v) is 6.28. The van der Waals surface area contributed by atoms with Crippen LogP contribution in [0.4, 0.5) is 10.7 Å². The number of thiocarbonyl (C=S) groups is 1. The zero-order chi connectivity index (χ0) is 24.2. The normalized spacial score (nSPS) is 13.5. The maximum atomic E-state index is 12.6. The second-order valence-corrected chi connectivity index (χ2v) is 10.3. The molecule has 6 nitrogen and oxygen atoms in total. The predicted octanol–water partition coefficient (Wildman–Crippen LogP) is 6.40. The van der Waals surface area contributed by atoms with Crippen molar-refractivity contribution >= 4 is 56.1 Å². The number of methoxy groups -OCH3 is 1. The van der Waals surface area contributed by atoms with Gasteiger partial charge in [0.2, 0.25) is 0 Å². The molecule has 4 aromatic rings. The highest BCUT2D eigenvalue weighted by Crippen LogP contribution is 2.37. The van der Waals surface area contributed by atoms with E-state index in [1.165, 1.54) is 41.2 Å². The summed E-state index contributed by atoms with van der Waals surface area (Å²) in [5, 5.41) is 14.6. The van der Waals surface area contributed by atoms with E-state index in [9.17, 15) is 4.79 Å². The Morgan fingerprint density at radius 1 is 1.09 bits per heavy atom. The molecule has 2 aromatic carbocycles. The Labute approximate surface area is 214 Å². The van der Waals surface area contributed by atoms with Crippen molar-refractivity contribution in [1.29, 1.82) is 0 Å². The topological polar surface area (TPSA) is 68.2 Å². The molecule has 0 fully saturated rings. The van der Waals surface area contributed by atoms with Crippen molar-refractivity contribution in [2.45, 2.75) is 45.1 Å². The van der Waals surface area contributed by atoms with Crippen LogP contribution in [0.2, 0.25) is 0 Å². The van der Waals surface area contributed by atoms with Crippen molar-refractivity contribution in [3.63, 3.8) is 0 Å². The minimum atomic E-state index is -0.309. The lowest BCUT2D eigenvalue weighted by Gasteiger charge is -2.11. The van der Waals surface area contributed by atoms with Crippen LogP contribution in [-0.2, 0) is 24.1 Å². The van der Waals surface area contributed by atoms with Crippen molar-refractivity contribution in [1.82, 2.24) is 9.78 Å². The van der Waals surface area contributed by atoms with Crippen LogP contribution < -0.4 is 10.6 Å². The summed E-state index contributed by atoms with van der Waals surface area (Å²) >= 11 is 7.21. The first-order valence-electron chi connectivity index (χ1n) is 11.9. The Morgan fingerprint density at radius 2 is 1.89 bits per heavy atom. The summed E-state index contributed by atoms with van der Waals surface area (Å²) in [4.78, 5) is 13.9. The molecule has 0 radical (unpaired) electrons. The molecule has 0 saturated carbocycles. The number of aromatic nitrogens is 2. The number of rotatable bonds is 5. The van der Waals surface area contributed by atoms with E-state index in [0.717, 1.165) is 41.9 Å². The number of carbonyl (C=O) groups excluding carboxylic acids is 1. The van der Waals surface area contributed by atoms with Gasteiger partial charge in [-0.1, -0.05) is 55.3 Å². The third kappa shape index (κ3) is 5.23. The molecule has 8 heteroatoms. The molecule has 180 valence electrons. The Morgan fingerprint density at radius 3 is 2.74 bits per heavy atom. The van der Waals surface area contributed by atoms with E-state index < -0.39 is 0 Å². The first-order chi connectivity index (χ1) is 17.1. The summed E-state index contributed by atoms with van der Waals surface area (Å²) in [6, 6.07) is 14.7. The number of hydrogen-bond acceptors (Lipinski definition) is 5. The first-order valence-corrected chi connectivity index (χ1v) is 13.1. The number of nitrogens with zero attached hydrogens (tertiary/aromatic N) is 2. The fraction of sp³-hybridized carbons (Fsp3) is 0.296. The molecule has 2 heterocycles. The largest absolute Gasteiger partial charge is 0.465 e. The van der Waals surface area contributed by atoms with E-state index in [2.05, 4.69) is 58.2 Å². The quantitative estimate of drug-likeness (QED) is 0.242. The van der Waals surface area contributed by atoms with Crippen LogP contribution in [0.15, 0.2) is 54.9 Å². The van der Waals surface area contributed by atoms with E-state index >= 15 is 0 Å². The van der Waals surface area contributed by atoms with Gasteiger partial charge in [-0.15, -0.1) is 11.3 Å². The smallest absolute Gasteiger partial charge is 0.341 e. The highest BCUT2D eigenvalue weighted by molar-refractivity contribution is 7.80. The molecule has 2 N–H and O–H groups in total. The van der Waals surface area contributed by atoms with Gasteiger partial charge < -0.3 is 15.4 Å². The zero-order valence-electron chi connectivity index (χ0n) is 19.7. The van der Waals surface area contributed by atoms with Crippen LogP contribution in [0.3, 0.4) is 0 Å². The van der Waals surface area contributed by atoms with Gasteiger partial charge in [-0.05, 0) is 59.8 Å². The summed E-state index contributed by atoms with van der Waals surface area (Å²) in [6.07, 6.45) is 10.3. The van der Waals surface area contributed by atoms with Crippen molar-refractivity contribution < 1.29 is 9.53 Å². The Kier molecular flexibility index (Phi) is 7.11. The van der Waals surface area contributed by atoms with E-state index in [-0.39, 0.29) is 5.97 Å². The molecule has 0 aliphatic heterocycles. The lowest BCUT2D eigenvalue weighted by molar-refractivity contribution is 0.0601. The van der Waals surface area contributed by atoms with Crippen molar-refractivity contribution in [3.8, 4) is 0 Å². The number of ether oxygens (including phenoxy) is 1. The van der Waals surface area contributed by atoms with Crippen LogP contribution in [0.25, 0.3) is 10.8 Å². The molecule has 0 saturated heterocycles. The summed E-state index contributed by atoms with van der Waals surface area (Å²) in [6.45, 7) is 0.660. The number of thiophene rings is 1. The van der Waals surface area contributed by atoms with Crippen LogP contribution in [0.5, 0.6) is 0 Å². The molecule has 35 heavy (non-hydrogen) atoms. The zero-order valence-corrected chi connectivity index (χ0v) is 21.3. The molecule has 0 spiro atoms. The summed E-state index contributed by atoms with van der Waals surface area (Å²) in [5.74, 6) is -0.309. The van der Waals surface area contributed by atoms with Gasteiger partial charge in [-0.2, -0.15) is 5.10 Å². The number of fused-ring (bicyclic) bond motifs is 2. The minimum Gasteiger partial charge on any atom is -0.465 e. The van der Waals surface area contributed by atoms with Crippen LogP contribution in [0, 0.1) is 0 Å². The van der Waals surface area contributed by atoms with Gasteiger partial charge in [0.15, 0.2) is 5.11 Å². The molecule has 1 aliphatic carbocycles. The number of benzene rings is 2. The van der Waals surface area contributed by atoms with E-state index in [1.54, 1.807) is 17.5 Å². The molecule has 1 aliphatic rings. The Hall–Kier alpha value is -3.23. The number of carbonyl (C=O) groups is 1. The van der Waals surface area contributed by atoms with Crippen LogP contribution >= 0.6 is 23.6 Å². The average molecular weight is 505 g/mol. The SMILES string of the molecule is COC(=O)c1c(NC(=S)Nc2cnn(Cc3cccc4ccccc34)c2)sc2c1CCCCCC2. The molecule has 5 rings (SSSR count). The van der Waals surface area contributed by atoms with Crippen molar-refractivity contribution in [2.24, 2.45) is 0 Å².